The third-order valence-electron chi connectivity index (χ3n) is 3.50. The van der Waals surface area contributed by atoms with Crippen molar-refractivity contribution in [2.24, 2.45) is 0 Å². The van der Waals surface area contributed by atoms with Crippen LogP contribution in [0, 0.1) is 0 Å². The van der Waals surface area contributed by atoms with Crippen LogP contribution in [0.2, 0.25) is 5.02 Å². The zero-order chi connectivity index (χ0) is 13.9. The molecule has 1 aromatic heterocycles. The van der Waals surface area contributed by atoms with E-state index >= 15 is 0 Å². The number of anilines is 1. The van der Waals surface area contributed by atoms with Crippen LogP contribution in [0.3, 0.4) is 0 Å². The van der Waals surface area contributed by atoms with Gasteiger partial charge in [0, 0.05) is 40.7 Å². The van der Waals surface area contributed by atoms with Crippen LogP contribution in [-0.4, -0.2) is 31.3 Å². The summed E-state index contributed by atoms with van der Waals surface area (Å²) in [7, 11) is -0.639. The van der Waals surface area contributed by atoms with Gasteiger partial charge in [-0.3, -0.25) is 4.21 Å². The van der Waals surface area contributed by atoms with E-state index in [1.54, 1.807) is 12.5 Å². The molecule has 1 saturated heterocycles. The van der Waals surface area contributed by atoms with Crippen LogP contribution in [0.1, 0.15) is 12.8 Å². The van der Waals surface area contributed by atoms with Gasteiger partial charge in [-0.05, 0) is 25.0 Å². The zero-order valence-electron chi connectivity index (χ0n) is 11.0. The van der Waals surface area contributed by atoms with Crippen molar-refractivity contribution in [3.63, 3.8) is 0 Å². The number of para-hydroxylation sites is 1. The van der Waals surface area contributed by atoms with E-state index in [2.05, 4.69) is 10.3 Å². The topological polar surface area (TPSA) is 46.9 Å². The molecule has 0 unspecified atom stereocenters. The van der Waals surface area contributed by atoms with Gasteiger partial charge in [-0.2, -0.15) is 0 Å². The van der Waals surface area contributed by atoms with Crippen molar-refractivity contribution in [3.8, 4) is 5.69 Å². The first kappa shape index (κ1) is 13.6. The summed E-state index contributed by atoms with van der Waals surface area (Å²) in [5.74, 6) is 1.55. The molecule has 0 bridgehead atoms. The Hall–Kier alpha value is -1.33. The largest absolute Gasteiger partial charge is 0.381 e. The first-order valence-electron chi connectivity index (χ1n) is 6.62. The van der Waals surface area contributed by atoms with Crippen LogP contribution in [0.4, 0.5) is 5.69 Å². The Kier molecular flexibility index (Phi) is 4.08. The number of benzene rings is 1. The number of hydrogen-bond acceptors (Lipinski definition) is 3. The van der Waals surface area contributed by atoms with E-state index in [-0.39, 0.29) is 0 Å². The first-order chi connectivity index (χ1) is 9.74. The lowest BCUT2D eigenvalue weighted by Crippen LogP contribution is -2.29. The number of aromatic nitrogens is 2. The summed E-state index contributed by atoms with van der Waals surface area (Å²) in [6.07, 6.45) is 7.21. The maximum Gasteiger partial charge on any atom is 0.0992 e. The van der Waals surface area contributed by atoms with Gasteiger partial charge in [0.05, 0.1) is 22.7 Å². The van der Waals surface area contributed by atoms with Crippen molar-refractivity contribution in [3.05, 3.63) is 41.9 Å². The molecule has 1 fully saturated rings. The molecule has 2 aromatic rings. The SMILES string of the molecule is O=S1CCC(Nc2cccc(Cl)c2-n2ccnc2)CC1. The molecule has 106 valence electrons. The quantitative estimate of drug-likeness (QED) is 0.948. The van der Waals surface area contributed by atoms with Gasteiger partial charge in [0.2, 0.25) is 0 Å². The summed E-state index contributed by atoms with van der Waals surface area (Å²) in [6.45, 7) is 0. The minimum atomic E-state index is -0.639. The Morgan fingerprint density at radius 2 is 2.15 bits per heavy atom. The predicted molar refractivity (Wildman–Crippen MR) is 83.1 cm³/mol. The van der Waals surface area contributed by atoms with Crippen molar-refractivity contribution in [2.45, 2.75) is 18.9 Å². The Balaban J connectivity index is 1.86. The van der Waals surface area contributed by atoms with Gasteiger partial charge in [0.25, 0.3) is 0 Å². The van der Waals surface area contributed by atoms with E-state index in [0.29, 0.717) is 11.1 Å². The predicted octanol–water partition coefficient (Wildman–Crippen LogP) is 2.85. The van der Waals surface area contributed by atoms with Crippen molar-refractivity contribution < 1.29 is 4.21 Å². The second kappa shape index (κ2) is 5.97. The van der Waals surface area contributed by atoms with Crippen LogP contribution >= 0.6 is 11.6 Å². The van der Waals surface area contributed by atoms with Crippen molar-refractivity contribution in [1.29, 1.82) is 0 Å². The normalized spacial score (nSPS) is 22.6. The number of hydrogen-bond donors (Lipinski definition) is 1. The van der Waals surface area contributed by atoms with E-state index in [1.807, 2.05) is 29.0 Å². The Morgan fingerprint density at radius 3 is 2.85 bits per heavy atom. The second-order valence-corrected chi connectivity index (χ2v) is 6.98. The van der Waals surface area contributed by atoms with Crippen LogP contribution in [-0.2, 0) is 10.8 Å². The number of rotatable bonds is 3. The molecule has 3 rings (SSSR count). The second-order valence-electron chi connectivity index (χ2n) is 4.87. The lowest BCUT2D eigenvalue weighted by atomic mass is 10.1. The molecular weight excluding hydrogens is 294 g/mol. The highest BCUT2D eigenvalue weighted by Crippen LogP contribution is 2.30. The van der Waals surface area contributed by atoms with E-state index in [9.17, 15) is 4.21 Å². The lowest BCUT2D eigenvalue weighted by Gasteiger charge is -2.25. The van der Waals surface area contributed by atoms with Gasteiger partial charge in [0.1, 0.15) is 0 Å². The minimum absolute atomic E-state index is 0.355. The molecule has 0 radical (unpaired) electrons. The average molecular weight is 310 g/mol. The molecule has 6 heteroatoms. The maximum absolute atomic E-state index is 11.4. The molecule has 1 aliphatic rings. The Morgan fingerprint density at radius 1 is 1.35 bits per heavy atom. The fourth-order valence-electron chi connectivity index (χ4n) is 2.44. The molecule has 0 amide bonds. The number of nitrogens with zero attached hydrogens (tertiary/aromatic N) is 2. The van der Waals surface area contributed by atoms with E-state index in [1.165, 1.54) is 0 Å². The van der Waals surface area contributed by atoms with Gasteiger partial charge in [-0.15, -0.1) is 0 Å². The third-order valence-corrected chi connectivity index (χ3v) is 5.18. The van der Waals surface area contributed by atoms with Crippen LogP contribution < -0.4 is 5.32 Å². The molecule has 1 aliphatic heterocycles. The summed E-state index contributed by atoms with van der Waals surface area (Å²) in [6, 6.07) is 6.19. The van der Waals surface area contributed by atoms with E-state index < -0.39 is 10.8 Å². The standard InChI is InChI=1S/C14H16ClN3OS/c15-12-2-1-3-13(14(12)18-7-6-16-10-18)17-11-4-8-20(19)9-5-11/h1-3,6-7,10-11,17H,4-5,8-9H2. The average Bonchev–Trinajstić information content (AvgIpc) is 2.95. The molecule has 1 N–H and O–H groups in total. The smallest absolute Gasteiger partial charge is 0.0992 e. The number of halogens is 1. The molecule has 0 spiro atoms. The zero-order valence-corrected chi connectivity index (χ0v) is 12.5. The summed E-state index contributed by atoms with van der Waals surface area (Å²) in [4.78, 5) is 4.07. The molecule has 20 heavy (non-hydrogen) atoms. The van der Waals surface area contributed by atoms with E-state index in [4.69, 9.17) is 11.6 Å². The molecule has 0 saturated carbocycles. The molecule has 4 nitrogen and oxygen atoms in total. The van der Waals surface area contributed by atoms with Gasteiger partial charge in [0.15, 0.2) is 0 Å². The molecule has 0 atom stereocenters. The Labute approximate surface area is 125 Å². The van der Waals surface area contributed by atoms with Gasteiger partial charge < -0.3 is 9.88 Å². The van der Waals surface area contributed by atoms with Gasteiger partial charge in [-0.1, -0.05) is 17.7 Å². The number of nitrogens with one attached hydrogen (secondary N) is 1. The third kappa shape index (κ3) is 2.88. The highest BCUT2D eigenvalue weighted by atomic mass is 35.5. The van der Waals surface area contributed by atoms with Crippen molar-refractivity contribution >= 4 is 28.1 Å². The molecule has 2 heterocycles. The molecule has 1 aromatic carbocycles. The van der Waals surface area contributed by atoms with Crippen LogP contribution in [0.15, 0.2) is 36.9 Å². The van der Waals surface area contributed by atoms with E-state index in [0.717, 1.165) is 35.7 Å². The lowest BCUT2D eigenvalue weighted by molar-refractivity contribution is 0.624. The molecule has 0 aliphatic carbocycles. The summed E-state index contributed by atoms with van der Waals surface area (Å²) >= 11 is 6.32. The van der Waals surface area contributed by atoms with Gasteiger partial charge in [-0.25, -0.2) is 4.98 Å². The monoisotopic (exact) mass is 309 g/mol. The highest BCUT2D eigenvalue weighted by molar-refractivity contribution is 7.85. The summed E-state index contributed by atoms with van der Waals surface area (Å²) in [5, 5.41) is 4.22. The van der Waals surface area contributed by atoms with Crippen LogP contribution in [0.5, 0.6) is 0 Å². The fourth-order valence-corrected chi connectivity index (χ4v) is 4.01. The summed E-state index contributed by atoms with van der Waals surface area (Å²) in [5.41, 5.74) is 1.91. The van der Waals surface area contributed by atoms with Crippen molar-refractivity contribution in [2.75, 3.05) is 16.8 Å². The fraction of sp³-hybridized carbons (Fsp3) is 0.357. The Bertz CT molecular complexity index is 605. The van der Waals surface area contributed by atoms with Gasteiger partial charge >= 0.3 is 0 Å². The first-order valence-corrected chi connectivity index (χ1v) is 8.49. The number of imidazole rings is 1. The van der Waals surface area contributed by atoms with Crippen LogP contribution in [0.25, 0.3) is 5.69 Å². The summed E-state index contributed by atoms with van der Waals surface area (Å²) < 4.78 is 13.3. The highest BCUT2D eigenvalue weighted by Gasteiger charge is 2.19. The van der Waals surface area contributed by atoms with Crippen molar-refractivity contribution in [1.82, 2.24) is 9.55 Å². The minimum Gasteiger partial charge on any atom is -0.381 e. The maximum atomic E-state index is 11.4. The molecular formula is C14H16ClN3OS.